The molecule has 1 aliphatic heterocycles. The third-order valence-electron chi connectivity index (χ3n) is 12.9. The van der Waals surface area contributed by atoms with E-state index in [-0.39, 0.29) is 0 Å². The summed E-state index contributed by atoms with van der Waals surface area (Å²) in [6.45, 7) is 0. The zero-order valence-corrected chi connectivity index (χ0v) is 34.7. The van der Waals surface area contributed by atoms with E-state index in [4.69, 9.17) is 14.4 Å². The molecule has 63 heavy (non-hydrogen) atoms. The number of para-hydroxylation sites is 1. The van der Waals surface area contributed by atoms with Gasteiger partial charge in [-0.05, 0) is 98.1 Å². The molecule has 1 spiro atoms. The molecule has 1 unspecified atom stereocenters. The van der Waals surface area contributed by atoms with Crippen molar-refractivity contribution < 1.29 is 4.42 Å². The van der Waals surface area contributed by atoms with Gasteiger partial charge in [0, 0.05) is 49.6 Å². The van der Waals surface area contributed by atoms with E-state index in [1.54, 1.807) is 6.20 Å². The van der Waals surface area contributed by atoms with E-state index < -0.39 is 5.41 Å². The van der Waals surface area contributed by atoms with Crippen molar-refractivity contribution in [2.24, 2.45) is 0 Å². The van der Waals surface area contributed by atoms with Crippen LogP contribution in [0, 0.1) is 0 Å². The number of rotatable bonds is 4. The Balaban J connectivity index is 1.11. The second-order valence-electron chi connectivity index (χ2n) is 16.3. The molecule has 2 aliphatic rings. The zero-order valence-electron chi connectivity index (χ0n) is 33.9. The van der Waals surface area contributed by atoms with Crippen LogP contribution >= 0.6 is 11.8 Å². The van der Waals surface area contributed by atoms with Gasteiger partial charge in [-0.2, -0.15) is 0 Å². The van der Waals surface area contributed by atoms with Crippen molar-refractivity contribution in [3.8, 4) is 67.3 Å². The van der Waals surface area contributed by atoms with Crippen molar-refractivity contribution >= 4 is 33.7 Å². The maximum absolute atomic E-state index is 6.72. The van der Waals surface area contributed by atoms with Gasteiger partial charge in [0.05, 0.1) is 16.8 Å². The Morgan fingerprint density at radius 2 is 1.03 bits per heavy atom. The van der Waals surface area contributed by atoms with Crippen molar-refractivity contribution in [1.29, 1.82) is 0 Å². The number of pyridine rings is 1. The number of benzene rings is 8. The van der Waals surface area contributed by atoms with Crippen LogP contribution in [0.5, 0.6) is 0 Å². The summed E-state index contributed by atoms with van der Waals surface area (Å²) in [6, 6.07) is 72.0. The number of hydrogen-bond donors (Lipinski definition) is 0. The fourth-order valence-electron chi connectivity index (χ4n) is 10.1. The fraction of sp³-hybridized carbons (Fsp3) is 0.0172. The lowest BCUT2D eigenvalue weighted by atomic mass is 9.63. The molecule has 3 aromatic heterocycles. The Hall–Kier alpha value is -7.86. The lowest BCUT2D eigenvalue weighted by Gasteiger charge is -2.43. The number of furan rings is 1. The molecule has 0 bridgehead atoms. The molecule has 0 amide bonds. The smallest absolute Gasteiger partial charge is 0.160 e. The number of aromatic nitrogens is 3. The fourth-order valence-corrected chi connectivity index (χ4v) is 11.3. The van der Waals surface area contributed by atoms with Crippen LogP contribution < -0.4 is 0 Å². The number of fused-ring (bicyclic) bond motifs is 14. The Labute approximate surface area is 368 Å². The van der Waals surface area contributed by atoms with Gasteiger partial charge in [-0.25, -0.2) is 9.97 Å². The molecule has 294 valence electrons. The molecule has 0 N–H and O–H groups in total. The minimum atomic E-state index is -0.731. The van der Waals surface area contributed by atoms with Crippen LogP contribution in [0.2, 0.25) is 0 Å². The summed E-state index contributed by atoms with van der Waals surface area (Å²) in [5, 5.41) is 2.25. The molecular formula is C58H35N3OS. The first-order chi connectivity index (χ1) is 31.2. The molecule has 1 atom stereocenters. The van der Waals surface area contributed by atoms with Gasteiger partial charge in [0.1, 0.15) is 11.2 Å². The van der Waals surface area contributed by atoms with Gasteiger partial charge < -0.3 is 4.42 Å². The Kier molecular flexibility index (Phi) is 8.02. The summed E-state index contributed by atoms with van der Waals surface area (Å²) in [7, 11) is 0. The average Bonchev–Trinajstić information content (AvgIpc) is 3.68. The van der Waals surface area contributed by atoms with Gasteiger partial charge in [-0.3, -0.25) is 4.98 Å². The van der Waals surface area contributed by atoms with Crippen molar-refractivity contribution in [2.75, 3.05) is 0 Å². The maximum atomic E-state index is 6.72. The molecule has 4 heterocycles. The van der Waals surface area contributed by atoms with E-state index in [9.17, 15) is 0 Å². The molecule has 1 aliphatic carbocycles. The van der Waals surface area contributed by atoms with Crippen LogP contribution in [-0.4, -0.2) is 15.0 Å². The third-order valence-corrected chi connectivity index (χ3v) is 14.0. The molecule has 11 aromatic rings. The largest absolute Gasteiger partial charge is 0.456 e. The standard InChI is InChI=1S/C58H35N3OS/c1-2-13-37(14-3-1)51-34-52(61-57(60-51)38-26-24-36(25-27-38)40-15-12-30-59-35-40)39-28-29-44-42-17-5-4-16-41(42)43-18-6-8-20-47(43)58(49(44)31-39)48-21-9-11-23-55(48)63-56-32-46-45-19-7-10-22-53(45)62-54(46)33-50(56)58/h1-35H. The molecule has 13 rings (SSSR count). The van der Waals surface area contributed by atoms with Crippen LogP contribution in [0.3, 0.4) is 0 Å². The summed E-state index contributed by atoms with van der Waals surface area (Å²) in [4.78, 5) is 17.4. The Morgan fingerprint density at radius 3 is 1.84 bits per heavy atom. The van der Waals surface area contributed by atoms with Gasteiger partial charge in [0.2, 0.25) is 0 Å². The SMILES string of the molecule is c1ccc(-c2cc(-c3ccc4c(c3)C3(c5ccccc5Sc5cc6c(cc53)oc3ccccc36)c3ccccc3-c3ccccc3-4)nc(-c3ccc(-c4cccnc4)cc3)n2)cc1. The second-order valence-corrected chi connectivity index (χ2v) is 17.4. The minimum Gasteiger partial charge on any atom is -0.456 e. The van der Waals surface area contributed by atoms with E-state index in [2.05, 4.69) is 187 Å². The summed E-state index contributed by atoms with van der Waals surface area (Å²) in [5.41, 5.74) is 17.6. The summed E-state index contributed by atoms with van der Waals surface area (Å²) in [5.74, 6) is 0.668. The topological polar surface area (TPSA) is 51.8 Å². The third kappa shape index (κ3) is 5.53. The predicted molar refractivity (Wildman–Crippen MR) is 256 cm³/mol. The molecule has 5 heteroatoms. The normalized spacial score (nSPS) is 14.7. The molecule has 0 saturated heterocycles. The average molecular weight is 822 g/mol. The summed E-state index contributed by atoms with van der Waals surface area (Å²) in [6.07, 6.45) is 3.69. The quantitative estimate of drug-likeness (QED) is 0.177. The van der Waals surface area contributed by atoms with E-state index in [0.29, 0.717) is 5.82 Å². The molecular weight excluding hydrogens is 787 g/mol. The highest BCUT2D eigenvalue weighted by Crippen LogP contribution is 2.62. The number of hydrogen-bond acceptors (Lipinski definition) is 5. The van der Waals surface area contributed by atoms with Crippen molar-refractivity contribution in [3.05, 3.63) is 235 Å². The lowest BCUT2D eigenvalue weighted by Crippen LogP contribution is -2.34. The predicted octanol–water partition coefficient (Wildman–Crippen LogP) is 14.9. The van der Waals surface area contributed by atoms with Gasteiger partial charge in [-0.1, -0.05) is 169 Å². The van der Waals surface area contributed by atoms with Gasteiger partial charge >= 0.3 is 0 Å². The van der Waals surface area contributed by atoms with Gasteiger partial charge in [0.25, 0.3) is 0 Å². The van der Waals surface area contributed by atoms with Crippen molar-refractivity contribution in [2.45, 2.75) is 15.2 Å². The summed E-state index contributed by atoms with van der Waals surface area (Å²) < 4.78 is 6.72. The van der Waals surface area contributed by atoms with E-state index >= 15 is 0 Å². The highest BCUT2D eigenvalue weighted by atomic mass is 32.2. The van der Waals surface area contributed by atoms with Gasteiger partial charge in [-0.15, -0.1) is 0 Å². The maximum Gasteiger partial charge on any atom is 0.160 e. The highest BCUT2D eigenvalue weighted by molar-refractivity contribution is 7.99. The zero-order chi connectivity index (χ0) is 41.5. The molecule has 4 nitrogen and oxygen atoms in total. The Bertz CT molecular complexity index is 3600. The second kappa shape index (κ2) is 14.1. The van der Waals surface area contributed by atoms with E-state index in [0.717, 1.165) is 61.1 Å². The Morgan fingerprint density at radius 1 is 0.381 bits per heavy atom. The first-order valence-corrected chi connectivity index (χ1v) is 22.0. The lowest BCUT2D eigenvalue weighted by molar-refractivity contribution is 0.660. The van der Waals surface area contributed by atoms with Crippen LogP contribution in [0.4, 0.5) is 0 Å². The monoisotopic (exact) mass is 821 g/mol. The first kappa shape index (κ1) is 35.9. The molecule has 0 fully saturated rings. The van der Waals surface area contributed by atoms with E-state index in [1.807, 2.05) is 36.2 Å². The van der Waals surface area contributed by atoms with Crippen molar-refractivity contribution in [3.63, 3.8) is 0 Å². The van der Waals surface area contributed by atoms with Gasteiger partial charge in [0.15, 0.2) is 5.82 Å². The minimum absolute atomic E-state index is 0.668. The number of nitrogens with zero attached hydrogens (tertiary/aromatic N) is 3. The van der Waals surface area contributed by atoms with Crippen LogP contribution in [0.1, 0.15) is 22.3 Å². The van der Waals surface area contributed by atoms with Crippen molar-refractivity contribution in [1.82, 2.24) is 15.0 Å². The van der Waals surface area contributed by atoms with Crippen LogP contribution in [-0.2, 0) is 5.41 Å². The van der Waals surface area contributed by atoms with E-state index in [1.165, 1.54) is 54.3 Å². The summed E-state index contributed by atoms with van der Waals surface area (Å²) >= 11 is 1.85. The van der Waals surface area contributed by atoms with Crippen LogP contribution in [0.15, 0.2) is 227 Å². The first-order valence-electron chi connectivity index (χ1n) is 21.2. The molecule has 0 saturated carbocycles. The molecule has 0 radical (unpaired) electrons. The molecule has 8 aromatic carbocycles. The highest BCUT2D eigenvalue weighted by Gasteiger charge is 2.48. The van der Waals surface area contributed by atoms with Crippen LogP contribution in [0.25, 0.3) is 89.2 Å².